The van der Waals surface area contributed by atoms with Gasteiger partial charge in [-0.15, -0.1) is 0 Å². The van der Waals surface area contributed by atoms with Gasteiger partial charge in [0.15, 0.2) is 5.54 Å². The van der Waals surface area contributed by atoms with E-state index in [1.807, 2.05) is 25.2 Å². The van der Waals surface area contributed by atoms with Crippen molar-refractivity contribution in [2.75, 3.05) is 6.54 Å². The Hall–Kier alpha value is -3.23. The average molecular weight is 495 g/mol. The average Bonchev–Trinajstić information content (AvgIpc) is 3.10. The third-order valence-corrected chi connectivity index (χ3v) is 7.08. The molecule has 2 aliphatic rings. The van der Waals surface area contributed by atoms with Crippen molar-refractivity contribution in [1.29, 1.82) is 5.26 Å². The Bertz CT molecular complexity index is 1060. The van der Waals surface area contributed by atoms with Gasteiger partial charge >= 0.3 is 12.1 Å². The first-order valence-corrected chi connectivity index (χ1v) is 11.1. The number of likely N-dealkylation sites (tertiary alicyclic amines) is 1. The molecule has 0 radical (unpaired) electrons. The molecule has 1 aromatic rings. The monoisotopic (exact) mass is 494 g/mol. The molecular formula is C23H29F3N6O3. The van der Waals surface area contributed by atoms with E-state index >= 15 is 0 Å². The predicted molar refractivity (Wildman–Crippen MR) is 117 cm³/mol. The van der Waals surface area contributed by atoms with Crippen LogP contribution in [0.4, 0.5) is 13.2 Å². The molecule has 35 heavy (non-hydrogen) atoms. The number of halogens is 3. The van der Waals surface area contributed by atoms with E-state index in [1.165, 1.54) is 51.2 Å². The molecule has 1 unspecified atom stereocenters. The van der Waals surface area contributed by atoms with Gasteiger partial charge in [0, 0.05) is 18.9 Å². The zero-order chi connectivity index (χ0) is 26.6. The van der Waals surface area contributed by atoms with Crippen LogP contribution in [0.15, 0.2) is 18.6 Å². The van der Waals surface area contributed by atoms with Crippen molar-refractivity contribution < 1.29 is 27.6 Å². The van der Waals surface area contributed by atoms with Crippen molar-refractivity contribution >= 4 is 17.7 Å². The second kappa shape index (κ2) is 8.46. The van der Waals surface area contributed by atoms with E-state index in [0.29, 0.717) is 0 Å². The number of alkyl halides is 3. The van der Waals surface area contributed by atoms with Gasteiger partial charge in [-0.3, -0.25) is 24.4 Å². The molecule has 1 aromatic heterocycles. The van der Waals surface area contributed by atoms with Crippen LogP contribution in [0.1, 0.15) is 47.2 Å². The Morgan fingerprint density at radius 3 is 2.31 bits per heavy atom. The lowest BCUT2D eigenvalue weighted by atomic mass is 9.85. The number of amides is 3. The predicted octanol–water partition coefficient (Wildman–Crippen LogP) is 1.91. The van der Waals surface area contributed by atoms with Crippen molar-refractivity contribution in [3.8, 4) is 6.07 Å². The molecule has 1 saturated carbocycles. The van der Waals surface area contributed by atoms with Gasteiger partial charge in [-0.2, -0.15) is 18.4 Å². The fourth-order valence-electron chi connectivity index (χ4n) is 4.87. The van der Waals surface area contributed by atoms with Crippen LogP contribution in [0.5, 0.6) is 0 Å². The summed E-state index contributed by atoms with van der Waals surface area (Å²) in [5.41, 5.74) is -2.70. The molecule has 0 bridgehead atoms. The second-order valence-electron chi connectivity index (χ2n) is 11.0. The van der Waals surface area contributed by atoms with Crippen molar-refractivity contribution in [1.82, 2.24) is 25.5 Å². The minimum Gasteiger partial charge on any atom is -0.336 e. The number of hydrogen-bond acceptors (Lipinski definition) is 6. The normalized spacial score (nSPS) is 25.5. The summed E-state index contributed by atoms with van der Waals surface area (Å²) in [5.74, 6) is -3.94. The van der Waals surface area contributed by atoms with E-state index in [2.05, 4.69) is 15.3 Å². The second-order valence-corrected chi connectivity index (χ2v) is 11.0. The SMILES string of the molecule is CC(C#N)(NC(=O)[C@@H]1[C@@H]2[C@H](CN1C(=O)[C@@H](NC(=O)C(F)(F)F)C(C)(C)C)C2(C)C)c1cnccn1. The minimum atomic E-state index is -5.17. The van der Waals surface area contributed by atoms with Gasteiger partial charge in [0.25, 0.3) is 0 Å². The third-order valence-electron chi connectivity index (χ3n) is 7.08. The third kappa shape index (κ3) is 4.81. The van der Waals surface area contributed by atoms with Gasteiger partial charge in [0.1, 0.15) is 12.1 Å². The van der Waals surface area contributed by atoms with Crippen molar-refractivity contribution in [3.05, 3.63) is 24.3 Å². The Morgan fingerprint density at radius 2 is 1.83 bits per heavy atom. The number of nitriles is 1. The largest absolute Gasteiger partial charge is 0.471 e. The van der Waals surface area contributed by atoms with E-state index in [1.54, 1.807) is 0 Å². The fraction of sp³-hybridized carbons (Fsp3) is 0.652. The number of hydrogen-bond donors (Lipinski definition) is 2. The number of piperidine rings is 1. The van der Waals surface area contributed by atoms with Crippen LogP contribution in [-0.2, 0) is 19.9 Å². The highest BCUT2D eigenvalue weighted by atomic mass is 19.4. The van der Waals surface area contributed by atoms with Crippen molar-refractivity contribution in [2.45, 2.75) is 65.3 Å². The molecule has 9 nitrogen and oxygen atoms in total. The van der Waals surface area contributed by atoms with Crippen molar-refractivity contribution in [3.63, 3.8) is 0 Å². The van der Waals surface area contributed by atoms with Crippen LogP contribution in [0.25, 0.3) is 0 Å². The lowest BCUT2D eigenvalue weighted by molar-refractivity contribution is -0.176. The smallest absolute Gasteiger partial charge is 0.336 e. The number of nitrogens with zero attached hydrogens (tertiary/aromatic N) is 4. The number of fused-ring (bicyclic) bond motifs is 1. The maximum Gasteiger partial charge on any atom is 0.471 e. The molecule has 1 saturated heterocycles. The highest BCUT2D eigenvalue weighted by molar-refractivity contribution is 5.95. The van der Waals surface area contributed by atoms with Crippen LogP contribution in [-0.4, -0.2) is 57.4 Å². The summed E-state index contributed by atoms with van der Waals surface area (Å²) in [7, 11) is 0. The lowest BCUT2D eigenvalue weighted by Gasteiger charge is -2.38. The van der Waals surface area contributed by atoms with Crippen LogP contribution < -0.4 is 10.6 Å². The summed E-state index contributed by atoms with van der Waals surface area (Å²) < 4.78 is 38.9. The molecule has 1 aliphatic carbocycles. The molecule has 1 aliphatic heterocycles. The highest BCUT2D eigenvalue weighted by Crippen LogP contribution is 2.65. The van der Waals surface area contributed by atoms with Crippen LogP contribution in [0.3, 0.4) is 0 Å². The summed E-state index contributed by atoms with van der Waals surface area (Å²) >= 11 is 0. The van der Waals surface area contributed by atoms with Gasteiger partial charge in [-0.25, -0.2) is 0 Å². The molecule has 2 heterocycles. The van der Waals surface area contributed by atoms with E-state index in [4.69, 9.17) is 0 Å². The molecule has 5 atom stereocenters. The molecule has 2 fully saturated rings. The molecule has 2 N–H and O–H groups in total. The first kappa shape index (κ1) is 26.4. The highest BCUT2D eigenvalue weighted by Gasteiger charge is 2.70. The number of carbonyl (C=O) groups is 3. The molecule has 190 valence electrons. The lowest BCUT2D eigenvalue weighted by Crippen LogP contribution is -2.61. The Morgan fingerprint density at radius 1 is 1.20 bits per heavy atom. The summed E-state index contributed by atoms with van der Waals surface area (Å²) in [4.78, 5) is 48.0. The Kier molecular flexibility index (Phi) is 6.38. The van der Waals surface area contributed by atoms with Crippen LogP contribution in [0.2, 0.25) is 0 Å². The van der Waals surface area contributed by atoms with Gasteiger partial charge in [0.2, 0.25) is 11.8 Å². The number of aromatic nitrogens is 2. The zero-order valence-electron chi connectivity index (χ0n) is 20.4. The van der Waals surface area contributed by atoms with Gasteiger partial charge in [-0.05, 0) is 29.6 Å². The van der Waals surface area contributed by atoms with E-state index in [-0.39, 0.29) is 29.5 Å². The van der Waals surface area contributed by atoms with E-state index in [0.717, 1.165) is 0 Å². The van der Waals surface area contributed by atoms with Gasteiger partial charge < -0.3 is 15.5 Å². The number of nitrogens with one attached hydrogen (secondary N) is 2. The Labute approximate surface area is 201 Å². The maximum absolute atomic E-state index is 13.5. The van der Waals surface area contributed by atoms with E-state index in [9.17, 15) is 32.8 Å². The molecule has 0 aromatic carbocycles. The standard InChI is InChI=1S/C23H29F3N6O3/c1-20(2,3)16(30-19(35)23(24,25)26)18(34)32-10-12-14(21(12,4)5)15(32)17(33)31-22(6,11-27)13-9-28-7-8-29-13/h7-9,12,14-16H,10H2,1-6H3,(H,30,35)(H,31,33)/t12-,14-,15-,16+,22?/m0/s1. The first-order chi connectivity index (χ1) is 15.9. The van der Waals surface area contributed by atoms with Crippen molar-refractivity contribution in [2.24, 2.45) is 22.7 Å². The maximum atomic E-state index is 13.5. The summed E-state index contributed by atoms with van der Waals surface area (Å²) in [6, 6.07) is -0.535. The number of rotatable bonds is 5. The fourth-order valence-corrected chi connectivity index (χ4v) is 4.87. The molecule has 0 spiro atoms. The molecule has 3 rings (SSSR count). The zero-order valence-corrected chi connectivity index (χ0v) is 20.4. The summed E-state index contributed by atoms with van der Waals surface area (Å²) in [5, 5.41) is 14.3. The molecule has 3 amide bonds. The van der Waals surface area contributed by atoms with Gasteiger partial charge in [0.05, 0.1) is 18.0 Å². The Balaban J connectivity index is 1.92. The van der Waals surface area contributed by atoms with Gasteiger partial charge in [-0.1, -0.05) is 34.6 Å². The quantitative estimate of drug-likeness (QED) is 0.644. The number of carbonyl (C=O) groups excluding carboxylic acids is 3. The molecule has 12 heteroatoms. The summed E-state index contributed by atoms with van der Waals surface area (Å²) in [6.07, 6.45) is -1.03. The topological polar surface area (TPSA) is 128 Å². The molecular weight excluding hydrogens is 465 g/mol. The minimum absolute atomic E-state index is 0.0500. The first-order valence-electron chi connectivity index (χ1n) is 11.1. The summed E-state index contributed by atoms with van der Waals surface area (Å²) in [6.45, 7) is 10.1. The van der Waals surface area contributed by atoms with E-state index < -0.39 is 46.9 Å². The van der Waals surface area contributed by atoms with Crippen LogP contribution in [0, 0.1) is 34.0 Å². The van der Waals surface area contributed by atoms with Crippen LogP contribution >= 0.6 is 0 Å².